The first-order chi connectivity index (χ1) is 5.95. The monoisotopic (exact) mass is 187 g/mol. The van der Waals surface area contributed by atoms with E-state index in [-0.39, 0.29) is 11.7 Å². The fourth-order valence-electron chi connectivity index (χ4n) is 1.01. The van der Waals surface area contributed by atoms with Crippen molar-refractivity contribution < 1.29 is 14.7 Å². The minimum Gasteiger partial charge on any atom is -0.480 e. The molecule has 0 aromatic heterocycles. The van der Waals surface area contributed by atoms with Crippen LogP contribution in [-0.4, -0.2) is 29.4 Å². The van der Waals surface area contributed by atoms with Gasteiger partial charge in [0.2, 0.25) is 0 Å². The Balaban J connectivity index is 3.84. The number of Topliss-reactive ketones (excluding diaryl/α,β-unsaturated/α-hetero) is 1. The lowest BCUT2D eigenvalue weighted by molar-refractivity contribution is -0.140. The van der Waals surface area contributed by atoms with Gasteiger partial charge in [-0.15, -0.1) is 0 Å². The lowest BCUT2D eigenvalue weighted by Gasteiger charge is -2.17. The van der Waals surface area contributed by atoms with E-state index in [9.17, 15) is 9.59 Å². The van der Waals surface area contributed by atoms with Crippen molar-refractivity contribution in [3.63, 3.8) is 0 Å². The molecule has 0 saturated heterocycles. The van der Waals surface area contributed by atoms with Crippen LogP contribution in [0.1, 0.15) is 27.2 Å². The summed E-state index contributed by atoms with van der Waals surface area (Å²) in [7, 11) is 0. The first-order valence-electron chi connectivity index (χ1n) is 4.40. The number of rotatable bonds is 6. The summed E-state index contributed by atoms with van der Waals surface area (Å²) < 4.78 is 0. The second-order valence-corrected chi connectivity index (χ2v) is 3.47. The van der Waals surface area contributed by atoms with Crippen LogP contribution in [0.25, 0.3) is 0 Å². The molecule has 0 unspecified atom stereocenters. The molecule has 0 bridgehead atoms. The molecule has 0 rings (SSSR count). The molecule has 4 nitrogen and oxygen atoms in total. The number of hydrogen-bond donors (Lipinski definition) is 2. The van der Waals surface area contributed by atoms with Crippen molar-refractivity contribution in [3.8, 4) is 0 Å². The average molecular weight is 187 g/mol. The molecular weight excluding hydrogens is 170 g/mol. The maximum Gasteiger partial charge on any atom is 0.320 e. The smallest absolute Gasteiger partial charge is 0.320 e. The highest BCUT2D eigenvalue weighted by Crippen LogP contribution is 2.01. The summed E-state index contributed by atoms with van der Waals surface area (Å²) >= 11 is 0. The summed E-state index contributed by atoms with van der Waals surface area (Å²) in [4.78, 5) is 21.2. The van der Waals surface area contributed by atoms with Gasteiger partial charge < -0.3 is 10.4 Å². The van der Waals surface area contributed by atoms with E-state index in [0.29, 0.717) is 13.0 Å². The fraction of sp³-hybridized carbons (Fsp3) is 0.778. The summed E-state index contributed by atoms with van der Waals surface area (Å²) in [6.07, 6.45) is 0.385. The Labute approximate surface area is 78.3 Å². The Bertz CT molecular complexity index is 189. The second-order valence-electron chi connectivity index (χ2n) is 3.47. The Morgan fingerprint density at radius 3 is 2.23 bits per heavy atom. The molecule has 1 atom stereocenters. The molecule has 0 aliphatic rings. The van der Waals surface area contributed by atoms with Crippen LogP contribution in [0.15, 0.2) is 0 Å². The predicted octanol–water partition coefficient (Wildman–Crippen LogP) is 0.664. The lowest BCUT2D eigenvalue weighted by Crippen LogP contribution is -2.41. The van der Waals surface area contributed by atoms with Crippen molar-refractivity contribution in [1.82, 2.24) is 5.32 Å². The standard InChI is InChI=1S/C9H17NO3/c1-6(2)8(9(12)13)10-5-4-7(3)11/h6,8,10H,4-5H2,1-3H3,(H,12,13)/t8-/m0/s1. The van der Waals surface area contributed by atoms with Crippen molar-refractivity contribution in [3.05, 3.63) is 0 Å². The van der Waals surface area contributed by atoms with Crippen LogP contribution in [0.2, 0.25) is 0 Å². The number of carboxylic acid groups (broad SMARTS) is 1. The molecule has 0 spiro atoms. The number of hydrogen-bond acceptors (Lipinski definition) is 3. The second kappa shape index (κ2) is 5.70. The van der Waals surface area contributed by atoms with Gasteiger partial charge in [0.1, 0.15) is 11.8 Å². The molecule has 0 aliphatic carbocycles. The minimum atomic E-state index is -0.862. The highest BCUT2D eigenvalue weighted by Gasteiger charge is 2.19. The number of nitrogens with one attached hydrogen (secondary N) is 1. The van der Waals surface area contributed by atoms with Crippen LogP contribution in [0.3, 0.4) is 0 Å². The number of aliphatic carboxylic acids is 1. The SMILES string of the molecule is CC(=O)CCN[C@H](C(=O)O)C(C)C. The van der Waals surface area contributed by atoms with E-state index in [1.807, 2.05) is 13.8 Å². The molecule has 0 aromatic rings. The van der Waals surface area contributed by atoms with Crippen molar-refractivity contribution >= 4 is 11.8 Å². The Morgan fingerprint density at radius 2 is 1.92 bits per heavy atom. The number of carboxylic acids is 1. The summed E-state index contributed by atoms with van der Waals surface area (Å²) in [5, 5.41) is 11.6. The zero-order chi connectivity index (χ0) is 10.4. The van der Waals surface area contributed by atoms with Gasteiger partial charge in [0.05, 0.1) is 0 Å². The molecule has 0 radical (unpaired) electrons. The summed E-state index contributed by atoms with van der Waals surface area (Å²) in [5.41, 5.74) is 0. The number of carbonyl (C=O) groups excluding carboxylic acids is 1. The Kier molecular flexibility index (Phi) is 5.30. The zero-order valence-electron chi connectivity index (χ0n) is 8.33. The van der Waals surface area contributed by atoms with Crippen molar-refractivity contribution in [2.75, 3.05) is 6.54 Å². The van der Waals surface area contributed by atoms with Gasteiger partial charge in [-0.2, -0.15) is 0 Å². The summed E-state index contributed by atoms with van der Waals surface area (Å²) in [5.74, 6) is -0.761. The molecule has 0 heterocycles. The molecule has 76 valence electrons. The topological polar surface area (TPSA) is 66.4 Å². The Hall–Kier alpha value is -0.900. The van der Waals surface area contributed by atoms with E-state index < -0.39 is 12.0 Å². The van der Waals surface area contributed by atoms with Gasteiger partial charge in [0.15, 0.2) is 0 Å². The van der Waals surface area contributed by atoms with Crippen LogP contribution < -0.4 is 5.32 Å². The molecule has 2 N–H and O–H groups in total. The first kappa shape index (κ1) is 12.1. The third-order valence-corrected chi connectivity index (χ3v) is 1.77. The largest absolute Gasteiger partial charge is 0.480 e. The highest BCUT2D eigenvalue weighted by molar-refractivity contribution is 5.76. The van der Waals surface area contributed by atoms with E-state index in [2.05, 4.69) is 5.32 Å². The van der Waals surface area contributed by atoms with E-state index in [0.717, 1.165) is 0 Å². The molecule has 0 saturated carbocycles. The molecular formula is C9H17NO3. The van der Waals surface area contributed by atoms with Crippen LogP contribution in [0.4, 0.5) is 0 Å². The van der Waals surface area contributed by atoms with Gasteiger partial charge in [0.25, 0.3) is 0 Å². The lowest BCUT2D eigenvalue weighted by atomic mass is 10.0. The van der Waals surface area contributed by atoms with E-state index in [1.54, 1.807) is 0 Å². The quantitative estimate of drug-likeness (QED) is 0.641. The molecule has 0 fully saturated rings. The van der Waals surface area contributed by atoms with Gasteiger partial charge in [-0.25, -0.2) is 0 Å². The molecule has 0 aliphatic heterocycles. The summed E-state index contributed by atoms with van der Waals surface area (Å²) in [6, 6.07) is -0.556. The van der Waals surface area contributed by atoms with Crippen molar-refractivity contribution in [2.45, 2.75) is 33.2 Å². The first-order valence-corrected chi connectivity index (χ1v) is 4.40. The van der Waals surface area contributed by atoms with Crippen LogP contribution in [-0.2, 0) is 9.59 Å². The van der Waals surface area contributed by atoms with Crippen molar-refractivity contribution in [1.29, 1.82) is 0 Å². The maximum atomic E-state index is 10.7. The molecule has 0 aromatic carbocycles. The summed E-state index contributed by atoms with van der Waals surface area (Å²) in [6.45, 7) is 5.59. The maximum absolute atomic E-state index is 10.7. The molecule has 0 amide bonds. The van der Waals surface area contributed by atoms with Crippen molar-refractivity contribution in [2.24, 2.45) is 5.92 Å². The van der Waals surface area contributed by atoms with Gasteiger partial charge in [0, 0.05) is 13.0 Å². The van der Waals surface area contributed by atoms with E-state index in [1.165, 1.54) is 6.92 Å². The third-order valence-electron chi connectivity index (χ3n) is 1.77. The third kappa shape index (κ3) is 5.36. The zero-order valence-corrected chi connectivity index (χ0v) is 8.33. The number of carbonyl (C=O) groups is 2. The number of ketones is 1. The van der Waals surface area contributed by atoms with Crippen LogP contribution in [0.5, 0.6) is 0 Å². The molecule has 4 heteroatoms. The van der Waals surface area contributed by atoms with Gasteiger partial charge in [-0.1, -0.05) is 13.8 Å². The highest BCUT2D eigenvalue weighted by atomic mass is 16.4. The van der Waals surface area contributed by atoms with Crippen LogP contribution in [0, 0.1) is 5.92 Å². The normalized spacial score (nSPS) is 12.9. The predicted molar refractivity (Wildman–Crippen MR) is 49.6 cm³/mol. The van der Waals surface area contributed by atoms with Gasteiger partial charge in [-0.3, -0.25) is 9.59 Å². The Morgan fingerprint density at radius 1 is 1.38 bits per heavy atom. The molecule has 13 heavy (non-hydrogen) atoms. The van der Waals surface area contributed by atoms with E-state index >= 15 is 0 Å². The van der Waals surface area contributed by atoms with Gasteiger partial charge in [-0.05, 0) is 12.8 Å². The minimum absolute atomic E-state index is 0.0319. The van der Waals surface area contributed by atoms with Gasteiger partial charge >= 0.3 is 5.97 Å². The average Bonchev–Trinajstić information content (AvgIpc) is 1.95. The fourth-order valence-corrected chi connectivity index (χ4v) is 1.01. The van der Waals surface area contributed by atoms with E-state index in [4.69, 9.17) is 5.11 Å². The van der Waals surface area contributed by atoms with Crippen LogP contribution >= 0.6 is 0 Å².